The zero-order valence-corrected chi connectivity index (χ0v) is 23.0. The molecule has 0 N–H and O–H groups in total. The van der Waals surface area contributed by atoms with Crippen LogP contribution in [-0.2, 0) is 19.1 Å². The number of hydrogen-bond donors (Lipinski definition) is 0. The first-order chi connectivity index (χ1) is 15.7. The van der Waals surface area contributed by atoms with E-state index in [0.717, 1.165) is 56.8 Å². The average molecular weight is 469 g/mol. The first-order valence-electron chi connectivity index (χ1n) is 14.0. The van der Waals surface area contributed by atoms with Gasteiger partial charge in [-0.1, -0.05) is 99.3 Å². The zero-order valence-electron chi connectivity index (χ0n) is 23.0. The van der Waals surface area contributed by atoms with Gasteiger partial charge in [0.2, 0.25) is 0 Å². The van der Waals surface area contributed by atoms with Gasteiger partial charge in [0, 0.05) is 12.8 Å². The Kier molecular flexibility index (Phi) is 20.8. The van der Waals surface area contributed by atoms with Gasteiger partial charge in [0.1, 0.15) is 0 Å². The van der Waals surface area contributed by atoms with E-state index < -0.39 is 0 Å². The largest absolute Gasteiger partial charge is 0.466 e. The van der Waals surface area contributed by atoms with Crippen molar-refractivity contribution in [2.24, 2.45) is 23.7 Å². The number of ether oxygens (including phenoxy) is 2. The van der Waals surface area contributed by atoms with Crippen molar-refractivity contribution in [3.05, 3.63) is 0 Å². The third kappa shape index (κ3) is 23.9. The molecule has 4 nitrogen and oxygen atoms in total. The van der Waals surface area contributed by atoms with Gasteiger partial charge in [-0.15, -0.1) is 0 Å². The van der Waals surface area contributed by atoms with Crippen LogP contribution in [0, 0.1) is 23.7 Å². The molecule has 0 spiro atoms. The first kappa shape index (κ1) is 31.9. The highest BCUT2D eigenvalue weighted by atomic mass is 16.5. The van der Waals surface area contributed by atoms with E-state index in [9.17, 15) is 9.59 Å². The van der Waals surface area contributed by atoms with Gasteiger partial charge in [-0.05, 0) is 49.4 Å². The van der Waals surface area contributed by atoms with Gasteiger partial charge in [-0.25, -0.2) is 0 Å². The molecule has 4 heteroatoms. The Bertz CT molecular complexity index is 430. The molecule has 0 fully saturated rings. The molecule has 0 aromatic rings. The fraction of sp³-hybridized carbons (Fsp3) is 0.931. The molecule has 33 heavy (non-hydrogen) atoms. The van der Waals surface area contributed by atoms with E-state index in [2.05, 4.69) is 41.5 Å². The molecular weight excluding hydrogens is 412 g/mol. The molecule has 196 valence electrons. The van der Waals surface area contributed by atoms with Crippen LogP contribution in [-0.4, -0.2) is 25.2 Å². The lowest BCUT2D eigenvalue weighted by Gasteiger charge is -2.12. The van der Waals surface area contributed by atoms with Crippen LogP contribution < -0.4 is 0 Å². The second-order valence-electron chi connectivity index (χ2n) is 11.1. The van der Waals surface area contributed by atoms with Crippen LogP contribution in [0.15, 0.2) is 0 Å². The number of carbonyl (C=O) groups excluding carboxylic acids is 2. The number of carbonyl (C=O) groups is 2. The normalized spacial score (nSPS) is 13.3. The van der Waals surface area contributed by atoms with Crippen LogP contribution in [0.2, 0.25) is 0 Å². The third-order valence-corrected chi connectivity index (χ3v) is 6.47. The molecular formula is C29H56O4. The van der Waals surface area contributed by atoms with Gasteiger partial charge < -0.3 is 9.47 Å². The van der Waals surface area contributed by atoms with Crippen molar-refractivity contribution >= 4 is 11.9 Å². The highest BCUT2D eigenvalue weighted by Gasteiger charge is 2.08. The van der Waals surface area contributed by atoms with Gasteiger partial charge in [-0.3, -0.25) is 9.59 Å². The number of esters is 2. The van der Waals surface area contributed by atoms with Gasteiger partial charge >= 0.3 is 11.9 Å². The Morgan fingerprint density at radius 2 is 0.848 bits per heavy atom. The highest BCUT2D eigenvalue weighted by molar-refractivity contribution is 5.69. The maximum Gasteiger partial charge on any atom is 0.305 e. The van der Waals surface area contributed by atoms with E-state index in [1.54, 1.807) is 0 Å². The van der Waals surface area contributed by atoms with Gasteiger partial charge in [0.25, 0.3) is 0 Å². The lowest BCUT2D eigenvalue weighted by atomic mass is 9.98. The van der Waals surface area contributed by atoms with Crippen LogP contribution in [0.25, 0.3) is 0 Å². The molecule has 0 aliphatic rings. The number of hydrogen-bond acceptors (Lipinski definition) is 4. The van der Waals surface area contributed by atoms with Crippen LogP contribution in [0.5, 0.6) is 0 Å². The summed E-state index contributed by atoms with van der Waals surface area (Å²) >= 11 is 0. The predicted molar refractivity (Wildman–Crippen MR) is 139 cm³/mol. The van der Waals surface area contributed by atoms with E-state index in [4.69, 9.17) is 9.47 Å². The Balaban J connectivity index is 3.48. The summed E-state index contributed by atoms with van der Waals surface area (Å²) in [7, 11) is 0. The molecule has 0 radical (unpaired) electrons. The molecule has 0 aromatic heterocycles. The molecule has 2 atom stereocenters. The Labute approximate surface area is 206 Å². The van der Waals surface area contributed by atoms with Crippen LogP contribution in [0.1, 0.15) is 138 Å². The molecule has 0 saturated carbocycles. The van der Waals surface area contributed by atoms with Crippen molar-refractivity contribution in [1.82, 2.24) is 0 Å². The van der Waals surface area contributed by atoms with Crippen LogP contribution in [0.4, 0.5) is 0 Å². The maximum absolute atomic E-state index is 11.9. The van der Waals surface area contributed by atoms with Gasteiger partial charge in [0.15, 0.2) is 0 Å². The monoisotopic (exact) mass is 468 g/mol. The summed E-state index contributed by atoms with van der Waals surface area (Å²) in [6.45, 7) is 14.7. The van der Waals surface area contributed by atoms with Crippen molar-refractivity contribution < 1.29 is 19.1 Å². The van der Waals surface area contributed by atoms with Crippen molar-refractivity contribution in [2.75, 3.05) is 13.2 Å². The molecule has 0 saturated heterocycles. The topological polar surface area (TPSA) is 52.6 Å². The summed E-state index contributed by atoms with van der Waals surface area (Å²) < 4.78 is 10.8. The summed E-state index contributed by atoms with van der Waals surface area (Å²) in [6, 6.07) is 0. The molecule has 0 aliphatic heterocycles. The summed E-state index contributed by atoms with van der Waals surface area (Å²) in [5.74, 6) is 2.67. The summed E-state index contributed by atoms with van der Waals surface area (Å²) in [5, 5.41) is 0. The molecule has 0 rings (SSSR count). The zero-order chi connectivity index (χ0) is 24.9. The Hall–Kier alpha value is -1.06. The second-order valence-corrected chi connectivity index (χ2v) is 11.1. The van der Waals surface area contributed by atoms with Crippen molar-refractivity contribution in [3.8, 4) is 0 Å². The van der Waals surface area contributed by atoms with Crippen molar-refractivity contribution in [1.29, 1.82) is 0 Å². The fourth-order valence-corrected chi connectivity index (χ4v) is 4.00. The number of unbranched alkanes of at least 4 members (excludes halogenated alkanes) is 4. The first-order valence-corrected chi connectivity index (χ1v) is 14.0. The third-order valence-electron chi connectivity index (χ3n) is 6.47. The molecule has 0 bridgehead atoms. The second kappa shape index (κ2) is 21.5. The SMILES string of the molecule is CC(C)CCCC(C)CCOC(=O)CCCCCCCC(=O)OCCC(C)CCCC(C)C. The average Bonchev–Trinajstić information content (AvgIpc) is 2.72. The standard InChI is InChI=1S/C29H56O4/c1-24(2)14-12-16-26(5)20-22-32-28(30)18-10-8-7-9-11-19-29(31)33-23-21-27(6)17-13-15-25(3)4/h24-27H,7-23H2,1-6H3. The summed E-state index contributed by atoms with van der Waals surface area (Å²) in [4.78, 5) is 23.7. The van der Waals surface area contributed by atoms with E-state index in [1.165, 1.54) is 38.5 Å². The van der Waals surface area contributed by atoms with E-state index >= 15 is 0 Å². The van der Waals surface area contributed by atoms with Crippen LogP contribution in [0.3, 0.4) is 0 Å². The minimum atomic E-state index is -0.0635. The van der Waals surface area contributed by atoms with Crippen molar-refractivity contribution in [3.63, 3.8) is 0 Å². The predicted octanol–water partition coefficient (Wildman–Crippen LogP) is 8.51. The lowest BCUT2D eigenvalue weighted by Crippen LogP contribution is -2.09. The lowest BCUT2D eigenvalue weighted by molar-refractivity contribution is -0.145. The molecule has 2 unspecified atom stereocenters. The highest BCUT2D eigenvalue weighted by Crippen LogP contribution is 2.17. The maximum atomic E-state index is 11.9. The van der Waals surface area contributed by atoms with Crippen molar-refractivity contribution in [2.45, 2.75) is 138 Å². The Morgan fingerprint density at radius 1 is 0.485 bits per heavy atom. The molecule has 0 aliphatic carbocycles. The van der Waals surface area contributed by atoms with E-state index in [1.807, 2.05) is 0 Å². The van der Waals surface area contributed by atoms with Gasteiger partial charge in [-0.2, -0.15) is 0 Å². The minimum absolute atomic E-state index is 0.0635. The fourth-order valence-electron chi connectivity index (χ4n) is 4.00. The number of rotatable bonds is 22. The molecule has 0 aromatic carbocycles. The summed E-state index contributed by atoms with van der Waals surface area (Å²) in [5.41, 5.74) is 0. The molecule has 0 heterocycles. The van der Waals surface area contributed by atoms with Crippen LogP contribution >= 0.6 is 0 Å². The van der Waals surface area contributed by atoms with Gasteiger partial charge in [0.05, 0.1) is 13.2 Å². The summed E-state index contributed by atoms with van der Waals surface area (Å²) in [6.07, 6.45) is 15.3. The quantitative estimate of drug-likeness (QED) is 0.118. The van der Waals surface area contributed by atoms with E-state index in [-0.39, 0.29) is 11.9 Å². The smallest absolute Gasteiger partial charge is 0.305 e. The molecule has 0 amide bonds. The van der Waals surface area contributed by atoms with E-state index in [0.29, 0.717) is 37.9 Å². The Morgan fingerprint density at radius 3 is 1.21 bits per heavy atom. The minimum Gasteiger partial charge on any atom is -0.466 e.